The van der Waals surface area contributed by atoms with E-state index in [1.165, 1.54) is 18.5 Å². The summed E-state index contributed by atoms with van der Waals surface area (Å²) in [5, 5.41) is 6.40. The van der Waals surface area contributed by atoms with E-state index in [-0.39, 0.29) is 11.8 Å². The van der Waals surface area contributed by atoms with Crippen LogP contribution in [0.5, 0.6) is 0 Å². The number of hydrogen-bond donors (Lipinski definition) is 2. The number of nitrogens with zero attached hydrogens (tertiary/aromatic N) is 1. The van der Waals surface area contributed by atoms with Gasteiger partial charge in [-0.1, -0.05) is 6.92 Å². The summed E-state index contributed by atoms with van der Waals surface area (Å²) in [7, 11) is 0. The fourth-order valence-electron chi connectivity index (χ4n) is 3.42. The maximum absolute atomic E-state index is 11.8. The highest BCUT2D eigenvalue weighted by Crippen LogP contribution is 2.30. The highest BCUT2D eigenvalue weighted by Gasteiger charge is 2.29. The number of benzene rings is 2. The van der Waals surface area contributed by atoms with Gasteiger partial charge in [0.25, 0.3) is 0 Å². The predicted octanol–water partition coefficient (Wildman–Crippen LogP) is 5.02. The predicted molar refractivity (Wildman–Crippen MR) is 108 cm³/mol. The van der Waals surface area contributed by atoms with Crippen molar-refractivity contribution in [2.45, 2.75) is 32.6 Å². The molecule has 4 rings (SSSR count). The van der Waals surface area contributed by atoms with Crippen LogP contribution >= 0.6 is 0 Å². The Morgan fingerprint density at radius 2 is 1.38 bits per heavy atom. The summed E-state index contributed by atoms with van der Waals surface area (Å²) >= 11 is 0. The minimum absolute atomic E-state index is 0.147. The molecule has 4 heteroatoms. The molecule has 26 heavy (non-hydrogen) atoms. The van der Waals surface area contributed by atoms with Crippen molar-refractivity contribution < 1.29 is 4.79 Å². The van der Waals surface area contributed by atoms with Gasteiger partial charge in [-0.2, -0.15) is 0 Å². The Hall–Kier alpha value is -2.49. The fourth-order valence-corrected chi connectivity index (χ4v) is 3.42. The number of nitrogens with one attached hydrogen (secondary N) is 2. The van der Waals surface area contributed by atoms with Gasteiger partial charge in [0.2, 0.25) is 5.91 Å². The van der Waals surface area contributed by atoms with Crippen LogP contribution in [0.2, 0.25) is 0 Å². The van der Waals surface area contributed by atoms with Gasteiger partial charge in [0, 0.05) is 41.8 Å². The summed E-state index contributed by atoms with van der Waals surface area (Å²) in [5.74, 6) is 1.23. The standard InChI is InChI=1S/C22H27N3O/c1-16-12-14-25(15-13-16)21-10-8-19(9-11-21)23-18-4-6-20(7-5-18)24-22(26)17-2-3-17/h4-11,16-17,23H,2-3,12-15H2,1H3,(H,24,26). The van der Waals surface area contributed by atoms with Gasteiger partial charge in [-0.05, 0) is 80.1 Å². The fraction of sp³-hybridized carbons (Fsp3) is 0.409. The van der Waals surface area contributed by atoms with Crippen LogP contribution in [0.1, 0.15) is 32.6 Å². The van der Waals surface area contributed by atoms with E-state index in [1.54, 1.807) is 0 Å². The van der Waals surface area contributed by atoms with Crippen molar-refractivity contribution in [2.75, 3.05) is 28.6 Å². The monoisotopic (exact) mass is 349 g/mol. The van der Waals surface area contributed by atoms with Crippen LogP contribution < -0.4 is 15.5 Å². The molecule has 2 aliphatic rings. The third kappa shape index (κ3) is 4.18. The summed E-state index contributed by atoms with van der Waals surface area (Å²) in [6.45, 7) is 4.65. The van der Waals surface area contributed by atoms with E-state index in [4.69, 9.17) is 0 Å². The zero-order chi connectivity index (χ0) is 17.9. The molecule has 2 aromatic rings. The Labute approximate surface area is 155 Å². The third-order valence-corrected chi connectivity index (χ3v) is 5.41. The zero-order valence-corrected chi connectivity index (χ0v) is 15.4. The molecule has 1 aliphatic heterocycles. The van der Waals surface area contributed by atoms with Gasteiger partial charge < -0.3 is 15.5 Å². The summed E-state index contributed by atoms with van der Waals surface area (Å²) in [6.07, 6.45) is 4.61. The molecular weight excluding hydrogens is 322 g/mol. The highest BCUT2D eigenvalue weighted by molar-refractivity contribution is 5.94. The van der Waals surface area contributed by atoms with Crippen molar-refractivity contribution >= 4 is 28.7 Å². The van der Waals surface area contributed by atoms with E-state index in [0.29, 0.717) is 0 Å². The second-order valence-corrected chi connectivity index (χ2v) is 7.68. The van der Waals surface area contributed by atoms with E-state index in [0.717, 1.165) is 48.9 Å². The molecule has 1 saturated heterocycles. The molecule has 2 fully saturated rings. The van der Waals surface area contributed by atoms with Crippen LogP contribution in [0, 0.1) is 11.8 Å². The van der Waals surface area contributed by atoms with E-state index in [9.17, 15) is 4.79 Å². The molecule has 2 aromatic carbocycles. The van der Waals surface area contributed by atoms with Crippen molar-refractivity contribution in [3.8, 4) is 0 Å². The van der Waals surface area contributed by atoms with E-state index in [2.05, 4.69) is 46.7 Å². The molecule has 1 saturated carbocycles. The molecule has 1 heterocycles. The van der Waals surface area contributed by atoms with E-state index in [1.807, 2.05) is 24.3 Å². The molecule has 1 amide bonds. The summed E-state index contributed by atoms with van der Waals surface area (Å²) < 4.78 is 0. The first-order chi connectivity index (χ1) is 12.7. The molecular formula is C22H27N3O. The summed E-state index contributed by atoms with van der Waals surface area (Å²) in [5.41, 5.74) is 4.27. The first-order valence-corrected chi connectivity index (χ1v) is 9.70. The Kier molecular flexibility index (Phi) is 4.83. The lowest BCUT2D eigenvalue weighted by Gasteiger charge is -2.32. The average Bonchev–Trinajstić information content (AvgIpc) is 3.50. The molecule has 4 nitrogen and oxygen atoms in total. The van der Waals surface area contributed by atoms with Crippen LogP contribution in [0.4, 0.5) is 22.7 Å². The second kappa shape index (κ2) is 7.40. The van der Waals surface area contributed by atoms with Gasteiger partial charge in [0.15, 0.2) is 0 Å². The number of carbonyl (C=O) groups is 1. The molecule has 0 bridgehead atoms. The van der Waals surface area contributed by atoms with Gasteiger partial charge in [-0.3, -0.25) is 4.79 Å². The molecule has 136 valence electrons. The Morgan fingerprint density at radius 1 is 0.846 bits per heavy atom. The van der Waals surface area contributed by atoms with Crippen LogP contribution in [0.3, 0.4) is 0 Å². The maximum atomic E-state index is 11.8. The Bertz CT molecular complexity index is 742. The van der Waals surface area contributed by atoms with Gasteiger partial charge in [-0.25, -0.2) is 0 Å². The van der Waals surface area contributed by atoms with Crippen LogP contribution in [-0.4, -0.2) is 19.0 Å². The van der Waals surface area contributed by atoms with Gasteiger partial charge in [0.1, 0.15) is 0 Å². The average molecular weight is 349 g/mol. The molecule has 0 atom stereocenters. The normalized spacial score (nSPS) is 17.8. The number of rotatable bonds is 5. The summed E-state index contributed by atoms with van der Waals surface area (Å²) in [6, 6.07) is 16.6. The van der Waals surface area contributed by atoms with Crippen molar-refractivity contribution in [1.29, 1.82) is 0 Å². The van der Waals surface area contributed by atoms with Crippen LogP contribution in [0.25, 0.3) is 0 Å². The minimum Gasteiger partial charge on any atom is -0.372 e. The first kappa shape index (κ1) is 17.0. The number of hydrogen-bond acceptors (Lipinski definition) is 3. The Morgan fingerprint density at radius 3 is 1.96 bits per heavy atom. The lowest BCUT2D eigenvalue weighted by Crippen LogP contribution is -2.32. The zero-order valence-electron chi connectivity index (χ0n) is 15.4. The number of carbonyl (C=O) groups excluding carboxylic acids is 1. The number of amides is 1. The van der Waals surface area contributed by atoms with E-state index >= 15 is 0 Å². The molecule has 0 unspecified atom stereocenters. The smallest absolute Gasteiger partial charge is 0.227 e. The lowest BCUT2D eigenvalue weighted by molar-refractivity contribution is -0.117. The Balaban J connectivity index is 1.34. The maximum Gasteiger partial charge on any atom is 0.227 e. The molecule has 1 aliphatic carbocycles. The SMILES string of the molecule is CC1CCN(c2ccc(Nc3ccc(NC(=O)C4CC4)cc3)cc2)CC1. The molecule has 0 spiro atoms. The van der Waals surface area contributed by atoms with Gasteiger partial charge in [0.05, 0.1) is 0 Å². The van der Waals surface area contributed by atoms with Crippen molar-refractivity contribution in [3.05, 3.63) is 48.5 Å². The first-order valence-electron chi connectivity index (χ1n) is 9.70. The van der Waals surface area contributed by atoms with Crippen LogP contribution in [0.15, 0.2) is 48.5 Å². The minimum atomic E-state index is 0.147. The topological polar surface area (TPSA) is 44.4 Å². The van der Waals surface area contributed by atoms with Crippen LogP contribution in [-0.2, 0) is 4.79 Å². The van der Waals surface area contributed by atoms with E-state index < -0.39 is 0 Å². The van der Waals surface area contributed by atoms with Gasteiger partial charge >= 0.3 is 0 Å². The quantitative estimate of drug-likeness (QED) is 0.797. The van der Waals surface area contributed by atoms with Crippen molar-refractivity contribution in [2.24, 2.45) is 11.8 Å². The molecule has 0 aromatic heterocycles. The lowest BCUT2D eigenvalue weighted by atomic mass is 9.99. The second-order valence-electron chi connectivity index (χ2n) is 7.68. The van der Waals surface area contributed by atoms with Crippen molar-refractivity contribution in [3.63, 3.8) is 0 Å². The van der Waals surface area contributed by atoms with Crippen molar-refractivity contribution in [1.82, 2.24) is 0 Å². The molecule has 2 N–H and O–H groups in total. The number of piperidine rings is 1. The molecule has 0 radical (unpaired) electrons. The highest BCUT2D eigenvalue weighted by atomic mass is 16.2. The number of anilines is 4. The summed E-state index contributed by atoms with van der Waals surface area (Å²) in [4.78, 5) is 14.3. The van der Waals surface area contributed by atoms with Gasteiger partial charge in [-0.15, -0.1) is 0 Å². The largest absolute Gasteiger partial charge is 0.372 e. The third-order valence-electron chi connectivity index (χ3n) is 5.41.